The normalized spacial score (nSPS) is 13.7. The number of benzene rings is 2. The van der Waals surface area contributed by atoms with E-state index in [1.165, 1.54) is 12.8 Å². The van der Waals surface area contributed by atoms with Crippen LogP contribution in [0.25, 0.3) is 10.9 Å². The third-order valence-electron chi connectivity index (χ3n) is 5.46. The molecular formula is C24H28N4O4. The number of carbonyl (C=O) groups excluding carboxylic acids is 1. The average Bonchev–Trinajstić information content (AvgIpc) is 3.33. The van der Waals surface area contributed by atoms with Crippen molar-refractivity contribution in [2.24, 2.45) is 0 Å². The Kier molecular flexibility index (Phi) is 6.91. The van der Waals surface area contributed by atoms with Crippen LogP contribution in [0, 0.1) is 0 Å². The number of fused-ring (bicyclic) bond motifs is 1. The summed E-state index contributed by atoms with van der Waals surface area (Å²) in [6.07, 6.45) is 4.18. The van der Waals surface area contributed by atoms with Crippen molar-refractivity contribution in [2.75, 3.05) is 45.7 Å². The van der Waals surface area contributed by atoms with Gasteiger partial charge in [0.2, 0.25) is 0 Å². The highest BCUT2D eigenvalue weighted by molar-refractivity contribution is 5.89. The average molecular weight is 437 g/mol. The maximum Gasteiger partial charge on any atom is 0.319 e. The number of hydrogen-bond donors (Lipinski definition) is 2. The van der Waals surface area contributed by atoms with E-state index in [-0.39, 0.29) is 6.03 Å². The lowest BCUT2D eigenvalue weighted by Crippen LogP contribution is -2.35. The number of ether oxygens (including phenoxy) is 3. The van der Waals surface area contributed by atoms with E-state index in [9.17, 15) is 4.79 Å². The van der Waals surface area contributed by atoms with Gasteiger partial charge in [-0.05, 0) is 62.3 Å². The summed E-state index contributed by atoms with van der Waals surface area (Å²) in [5.74, 6) is 2.51. The van der Waals surface area contributed by atoms with E-state index >= 15 is 0 Å². The second-order valence-corrected chi connectivity index (χ2v) is 7.59. The minimum atomic E-state index is -0.209. The zero-order chi connectivity index (χ0) is 22.3. The number of anilines is 1. The summed E-state index contributed by atoms with van der Waals surface area (Å²) in [6.45, 7) is 3.77. The van der Waals surface area contributed by atoms with Gasteiger partial charge in [-0.3, -0.25) is 4.98 Å². The molecule has 3 aromatic rings. The fourth-order valence-electron chi connectivity index (χ4n) is 3.78. The molecule has 2 amide bonds. The number of aromatic nitrogens is 1. The summed E-state index contributed by atoms with van der Waals surface area (Å²) < 4.78 is 16.8. The molecule has 0 radical (unpaired) electrons. The molecule has 1 aliphatic heterocycles. The van der Waals surface area contributed by atoms with Crippen molar-refractivity contribution in [3.8, 4) is 23.0 Å². The molecule has 32 heavy (non-hydrogen) atoms. The van der Waals surface area contributed by atoms with Gasteiger partial charge in [0.25, 0.3) is 0 Å². The van der Waals surface area contributed by atoms with E-state index in [4.69, 9.17) is 14.2 Å². The molecule has 2 heterocycles. The van der Waals surface area contributed by atoms with Crippen LogP contribution in [-0.4, -0.2) is 56.3 Å². The second kappa shape index (κ2) is 10.2. The first-order valence-electron chi connectivity index (χ1n) is 10.7. The predicted molar refractivity (Wildman–Crippen MR) is 124 cm³/mol. The van der Waals surface area contributed by atoms with Gasteiger partial charge in [0.05, 0.1) is 19.7 Å². The van der Waals surface area contributed by atoms with E-state index < -0.39 is 0 Å². The van der Waals surface area contributed by atoms with Crippen molar-refractivity contribution in [1.82, 2.24) is 15.2 Å². The number of nitrogens with one attached hydrogen (secondary N) is 2. The van der Waals surface area contributed by atoms with Crippen LogP contribution in [0.5, 0.6) is 23.0 Å². The summed E-state index contributed by atoms with van der Waals surface area (Å²) in [4.78, 5) is 18.9. The molecule has 2 aromatic carbocycles. The summed E-state index contributed by atoms with van der Waals surface area (Å²) in [7, 11) is 3.18. The highest BCUT2D eigenvalue weighted by atomic mass is 16.5. The van der Waals surface area contributed by atoms with Crippen LogP contribution < -0.4 is 24.8 Å². The van der Waals surface area contributed by atoms with Crippen LogP contribution in [0.2, 0.25) is 0 Å². The largest absolute Gasteiger partial charge is 0.493 e. The third-order valence-corrected chi connectivity index (χ3v) is 5.46. The quantitative estimate of drug-likeness (QED) is 0.549. The van der Waals surface area contributed by atoms with Crippen molar-refractivity contribution in [2.45, 2.75) is 12.8 Å². The van der Waals surface area contributed by atoms with Crippen molar-refractivity contribution in [3.63, 3.8) is 0 Å². The Morgan fingerprint density at radius 2 is 1.72 bits per heavy atom. The highest BCUT2D eigenvalue weighted by Crippen LogP contribution is 2.36. The molecule has 0 saturated carbocycles. The number of hydrogen-bond acceptors (Lipinski definition) is 6. The first-order valence-corrected chi connectivity index (χ1v) is 10.7. The van der Waals surface area contributed by atoms with Gasteiger partial charge < -0.3 is 29.7 Å². The highest BCUT2D eigenvalue weighted by Gasteiger charge is 2.12. The molecular weight excluding hydrogens is 408 g/mol. The fraction of sp³-hybridized carbons (Fsp3) is 0.333. The molecule has 168 valence electrons. The molecule has 1 aromatic heterocycles. The number of amides is 2. The number of likely N-dealkylation sites (tertiary alicyclic amines) is 1. The molecule has 2 N–H and O–H groups in total. The van der Waals surface area contributed by atoms with Crippen molar-refractivity contribution < 1.29 is 19.0 Å². The molecule has 1 aliphatic rings. The molecule has 0 bridgehead atoms. The molecule has 0 aliphatic carbocycles. The van der Waals surface area contributed by atoms with E-state index in [2.05, 4.69) is 20.5 Å². The molecule has 0 spiro atoms. The summed E-state index contributed by atoms with van der Waals surface area (Å²) in [5.41, 5.74) is 1.44. The molecule has 4 rings (SSSR count). The Hall–Kier alpha value is -3.52. The summed E-state index contributed by atoms with van der Waals surface area (Å²) in [6, 6.07) is 12.5. The Morgan fingerprint density at radius 1 is 1.00 bits per heavy atom. The van der Waals surface area contributed by atoms with E-state index in [1.807, 2.05) is 36.4 Å². The zero-order valence-corrected chi connectivity index (χ0v) is 18.4. The topological polar surface area (TPSA) is 85.0 Å². The molecule has 1 saturated heterocycles. The van der Waals surface area contributed by atoms with Crippen molar-refractivity contribution in [3.05, 3.63) is 48.7 Å². The van der Waals surface area contributed by atoms with Gasteiger partial charge in [0, 0.05) is 36.4 Å². The smallest absolute Gasteiger partial charge is 0.319 e. The van der Waals surface area contributed by atoms with Crippen molar-refractivity contribution >= 4 is 22.6 Å². The Morgan fingerprint density at radius 3 is 2.44 bits per heavy atom. The summed E-state index contributed by atoms with van der Waals surface area (Å²) in [5, 5.41) is 6.56. The zero-order valence-electron chi connectivity index (χ0n) is 18.4. The van der Waals surface area contributed by atoms with Crippen molar-refractivity contribution in [1.29, 1.82) is 0 Å². The molecule has 0 unspecified atom stereocenters. The van der Waals surface area contributed by atoms with Gasteiger partial charge in [-0.25, -0.2) is 4.79 Å². The SMILES string of the molecule is COc1cc2nccc(Oc3ccc(NC(=O)NCCN4CCCC4)cc3)c2cc1OC. The monoisotopic (exact) mass is 436 g/mol. The van der Waals surface area contributed by atoms with Gasteiger partial charge in [-0.1, -0.05) is 0 Å². The molecule has 0 atom stereocenters. The molecule has 8 nitrogen and oxygen atoms in total. The minimum absolute atomic E-state index is 0.209. The lowest BCUT2D eigenvalue weighted by atomic mass is 10.2. The van der Waals surface area contributed by atoms with Crippen LogP contribution >= 0.6 is 0 Å². The van der Waals surface area contributed by atoms with Gasteiger partial charge in [0.15, 0.2) is 11.5 Å². The van der Waals surface area contributed by atoms with Crippen LogP contribution in [0.3, 0.4) is 0 Å². The maximum atomic E-state index is 12.1. The maximum absolute atomic E-state index is 12.1. The fourth-order valence-corrected chi connectivity index (χ4v) is 3.78. The van der Waals surface area contributed by atoms with Crippen LogP contribution in [-0.2, 0) is 0 Å². The molecule has 1 fully saturated rings. The number of pyridine rings is 1. The van der Waals surface area contributed by atoms with Crippen LogP contribution in [0.1, 0.15) is 12.8 Å². The van der Waals surface area contributed by atoms with Crippen LogP contribution in [0.4, 0.5) is 10.5 Å². The van der Waals surface area contributed by atoms with Gasteiger partial charge in [-0.15, -0.1) is 0 Å². The lowest BCUT2D eigenvalue weighted by molar-refractivity contribution is 0.249. The number of rotatable bonds is 8. The standard InChI is InChI=1S/C24H28N4O4/c1-30-22-15-19-20(16-23(22)31-2)25-10-9-21(19)32-18-7-5-17(6-8-18)27-24(29)26-11-14-28-12-3-4-13-28/h5-10,15-16H,3-4,11-14H2,1-2H3,(H2,26,27,29). The van der Waals surface area contributed by atoms with Gasteiger partial charge in [0.1, 0.15) is 11.5 Å². The number of urea groups is 1. The Bertz CT molecular complexity index is 1070. The van der Waals surface area contributed by atoms with Gasteiger partial charge in [-0.2, -0.15) is 0 Å². The molecule has 8 heteroatoms. The third kappa shape index (κ3) is 5.20. The first-order chi connectivity index (χ1) is 15.7. The first kappa shape index (κ1) is 21.7. The van der Waals surface area contributed by atoms with Crippen LogP contribution in [0.15, 0.2) is 48.7 Å². The Labute approximate surface area is 187 Å². The second-order valence-electron chi connectivity index (χ2n) is 7.59. The number of nitrogens with zero attached hydrogens (tertiary/aromatic N) is 2. The minimum Gasteiger partial charge on any atom is -0.493 e. The predicted octanol–water partition coefficient (Wildman–Crippen LogP) is 4.26. The lowest BCUT2D eigenvalue weighted by Gasteiger charge is -2.15. The summed E-state index contributed by atoms with van der Waals surface area (Å²) >= 11 is 0. The Balaban J connectivity index is 1.38. The number of carbonyl (C=O) groups is 1. The van der Waals surface area contributed by atoms with E-state index in [0.29, 0.717) is 35.2 Å². The van der Waals surface area contributed by atoms with E-state index in [1.54, 1.807) is 26.5 Å². The van der Waals surface area contributed by atoms with Gasteiger partial charge >= 0.3 is 6.03 Å². The number of methoxy groups -OCH3 is 2. The van der Waals surface area contributed by atoms with E-state index in [0.717, 1.165) is 30.5 Å².